The Kier molecular flexibility index (Phi) is 8.36. The van der Waals surface area contributed by atoms with Crippen LogP contribution in [-0.2, 0) is 14.3 Å². The first-order valence-corrected chi connectivity index (χ1v) is 8.82. The van der Waals surface area contributed by atoms with Crippen molar-refractivity contribution in [2.45, 2.75) is 59.3 Å². The molecule has 0 atom stereocenters. The fraction of sp³-hybridized carbons (Fsp3) is 1.00. The predicted molar refractivity (Wildman–Crippen MR) is 66.5 cm³/mol. The zero-order valence-electron chi connectivity index (χ0n) is 15.4. The lowest BCUT2D eigenvalue weighted by molar-refractivity contribution is -0.414. The topological polar surface area (TPSA) is 43.4 Å². The van der Waals surface area contributed by atoms with Gasteiger partial charge in [-0.3, -0.25) is 4.18 Å². The fourth-order valence-corrected chi connectivity index (χ4v) is 2.50. The predicted octanol–water partition coefficient (Wildman–Crippen LogP) is 6.20. The van der Waals surface area contributed by atoms with Gasteiger partial charge in [-0.25, -0.2) is 8.78 Å². The molecule has 0 unspecified atom stereocenters. The molecule has 3 nitrogen and oxygen atoms in total. The van der Waals surface area contributed by atoms with Gasteiger partial charge in [0.05, 0.1) is 0 Å². The van der Waals surface area contributed by atoms with Gasteiger partial charge < -0.3 is 0 Å². The zero-order chi connectivity index (χ0) is 30.0. The lowest BCUT2D eigenvalue weighted by Crippen LogP contribution is -2.69. The standard InChI is InChI=1S/C11H3F21O3S/c12-2(13)4(16,17)6(20,21)7(22,23)5(18,19)3(14,15)1-35-36(33,34)11(31,32)9(26,27)8(24,25)10(28,29)30/h2H,1H2. The van der Waals surface area contributed by atoms with Crippen molar-refractivity contribution in [3.63, 3.8) is 0 Å². The molecule has 0 saturated heterocycles. The Morgan fingerprint density at radius 3 is 1.19 bits per heavy atom. The van der Waals surface area contributed by atoms with Crippen LogP contribution in [0.3, 0.4) is 0 Å². The van der Waals surface area contributed by atoms with Gasteiger partial charge in [-0.15, -0.1) is 0 Å². The Balaban J connectivity index is 6.40. The molecular weight excluding hydrogens is 611 g/mol. The molecular formula is C11H3F21O3S. The third-order valence-corrected chi connectivity index (χ3v) is 5.08. The van der Waals surface area contributed by atoms with E-state index in [2.05, 4.69) is 0 Å². The summed E-state index contributed by atoms with van der Waals surface area (Å²) < 4.78 is 291. The summed E-state index contributed by atoms with van der Waals surface area (Å²) in [7, 11) is -8.45. The largest absolute Gasteiger partial charge is 0.460 e. The summed E-state index contributed by atoms with van der Waals surface area (Å²) in [6, 6.07) is 0. The number of rotatable bonds is 11. The van der Waals surface area contributed by atoms with Gasteiger partial charge >= 0.3 is 69.4 Å². The Hall–Kier alpha value is -1.56. The van der Waals surface area contributed by atoms with Crippen molar-refractivity contribution in [1.82, 2.24) is 0 Å². The minimum atomic E-state index is -8.45. The van der Waals surface area contributed by atoms with Crippen LogP contribution in [-0.4, -0.2) is 74.3 Å². The molecule has 0 fully saturated rings. The first-order valence-electron chi connectivity index (χ1n) is 7.41. The van der Waals surface area contributed by atoms with Crippen molar-refractivity contribution in [3.8, 4) is 0 Å². The van der Waals surface area contributed by atoms with Crippen molar-refractivity contribution in [3.05, 3.63) is 0 Å². The third-order valence-electron chi connectivity index (χ3n) is 3.77. The smallest absolute Gasteiger partial charge is 0.259 e. The highest BCUT2D eigenvalue weighted by atomic mass is 32.2. The summed E-state index contributed by atoms with van der Waals surface area (Å²) in [5.74, 6) is -56.1. The van der Waals surface area contributed by atoms with Crippen LogP contribution in [0, 0.1) is 0 Å². The van der Waals surface area contributed by atoms with Gasteiger partial charge in [-0.05, 0) is 0 Å². The highest BCUT2D eigenvalue weighted by molar-refractivity contribution is 7.87. The molecule has 0 N–H and O–H groups in total. The summed E-state index contributed by atoms with van der Waals surface area (Å²) in [6.45, 7) is -4.52. The molecule has 0 aliphatic carbocycles. The summed E-state index contributed by atoms with van der Waals surface area (Å²) in [5.41, 5.74) is 0. The average molecular weight is 614 g/mol. The maximum atomic E-state index is 13.3. The van der Waals surface area contributed by atoms with Gasteiger partial charge in [-0.2, -0.15) is 91.8 Å². The summed E-state index contributed by atoms with van der Waals surface area (Å²) in [4.78, 5) is 0. The van der Waals surface area contributed by atoms with Gasteiger partial charge in [0.1, 0.15) is 6.61 Å². The van der Waals surface area contributed by atoms with Crippen molar-refractivity contribution >= 4 is 10.1 Å². The molecule has 218 valence electrons. The van der Waals surface area contributed by atoms with Crippen LogP contribution in [0.25, 0.3) is 0 Å². The maximum Gasteiger partial charge on any atom is 0.460 e. The molecule has 0 radical (unpaired) electrons. The Bertz CT molecular complexity index is 901. The fourth-order valence-electron chi connectivity index (χ4n) is 1.61. The highest BCUT2D eigenvalue weighted by Gasteiger charge is 2.89. The number of hydrogen-bond acceptors (Lipinski definition) is 3. The molecule has 36 heavy (non-hydrogen) atoms. The number of alkyl halides is 21. The van der Waals surface area contributed by atoms with Crippen LogP contribution >= 0.6 is 0 Å². The molecule has 25 heteroatoms. The molecule has 0 aliphatic rings. The molecule has 0 aromatic rings. The Labute approximate surface area is 182 Å². The van der Waals surface area contributed by atoms with Crippen LogP contribution in [0.15, 0.2) is 0 Å². The molecule has 0 aromatic heterocycles. The Morgan fingerprint density at radius 1 is 0.528 bits per heavy atom. The SMILES string of the molecule is O=S(=O)(OCC(F)(F)C(F)(F)C(F)(F)C(F)(F)C(F)(F)C(F)F)C(F)(F)C(F)(F)C(F)(F)C(F)(F)F. The molecule has 0 aromatic carbocycles. The first kappa shape index (κ1) is 34.4. The van der Waals surface area contributed by atoms with Gasteiger partial charge in [0.15, 0.2) is 0 Å². The van der Waals surface area contributed by atoms with E-state index in [9.17, 15) is 101 Å². The highest BCUT2D eigenvalue weighted by Crippen LogP contribution is 2.59. The van der Waals surface area contributed by atoms with E-state index in [0.29, 0.717) is 0 Å². The van der Waals surface area contributed by atoms with Crippen LogP contribution in [0.1, 0.15) is 0 Å². The van der Waals surface area contributed by atoms with E-state index in [1.165, 1.54) is 0 Å². The monoisotopic (exact) mass is 614 g/mol. The van der Waals surface area contributed by atoms with Crippen molar-refractivity contribution in [1.29, 1.82) is 0 Å². The van der Waals surface area contributed by atoms with Crippen molar-refractivity contribution in [2.24, 2.45) is 0 Å². The van der Waals surface area contributed by atoms with Crippen LogP contribution < -0.4 is 0 Å². The normalized spacial score (nSPS) is 16.6. The molecule has 0 heterocycles. The molecule has 0 bridgehead atoms. The van der Waals surface area contributed by atoms with E-state index in [4.69, 9.17) is 0 Å². The minimum Gasteiger partial charge on any atom is -0.259 e. The second-order valence-electron chi connectivity index (χ2n) is 6.23. The Morgan fingerprint density at radius 2 is 0.889 bits per heavy atom. The lowest BCUT2D eigenvalue weighted by Gasteiger charge is -2.39. The van der Waals surface area contributed by atoms with Crippen LogP contribution in [0.4, 0.5) is 92.2 Å². The molecule has 0 saturated carbocycles. The molecule has 0 aliphatic heterocycles. The van der Waals surface area contributed by atoms with E-state index >= 15 is 0 Å². The quantitative estimate of drug-likeness (QED) is 0.206. The van der Waals surface area contributed by atoms with E-state index in [-0.39, 0.29) is 0 Å². The first-order chi connectivity index (χ1) is 15.2. The summed E-state index contributed by atoms with van der Waals surface area (Å²) in [5, 5.41) is -8.01. The lowest BCUT2D eigenvalue weighted by atomic mass is 9.95. The summed E-state index contributed by atoms with van der Waals surface area (Å²) in [6.07, 6.45) is -13.7. The molecule has 0 rings (SSSR count). The second-order valence-corrected chi connectivity index (χ2v) is 7.89. The van der Waals surface area contributed by atoms with E-state index < -0.39 is 76.0 Å². The maximum absolute atomic E-state index is 13.3. The van der Waals surface area contributed by atoms with Crippen LogP contribution in [0.5, 0.6) is 0 Å². The third kappa shape index (κ3) is 4.61. The van der Waals surface area contributed by atoms with Crippen LogP contribution in [0.2, 0.25) is 0 Å². The summed E-state index contributed by atoms with van der Waals surface area (Å²) >= 11 is 0. The van der Waals surface area contributed by atoms with E-state index in [1.54, 1.807) is 0 Å². The minimum absolute atomic E-state index is 1.98. The second kappa shape index (κ2) is 8.74. The molecule has 0 spiro atoms. The van der Waals surface area contributed by atoms with Crippen molar-refractivity contribution < 1.29 is 105 Å². The van der Waals surface area contributed by atoms with Gasteiger partial charge in [0.2, 0.25) is 0 Å². The van der Waals surface area contributed by atoms with E-state index in [1.807, 2.05) is 4.18 Å². The van der Waals surface area contributed by atoms with E-state index in [0.717, 1.165) is 0 Å². The zero-order valence-corrected chi connectivity index (χ0v) is 16.2. The van der Waals surface area contributed by atoms with Gasteiger partial charge in [0.25, 0.3) is 0 Å². The molecule has 0 amide bonds. The van der Waals surface area contributed by atoms with Gasteiger partial charge in [0, 0.05) is 0 Å². The average Bonchev–Trinajstić information content (AvgIpc) is 2.64. The number of hydrogen-bond donors (Lipinski definition) is 0. The number of halogens is 21. The van der Waals surface area contributed by atoms with Gasteiger partial charge in [-0.1, -0.05) is 0 Å². The van der Waals surface area contributed by atoms with Crippen molar-refractivity contribution in [2.75, 3.05) is 6.61 Å².